The third kappa shape index (κ3) is 34.7. The SMILES string of the molecule is CC(C)(C)Nc1cc(COC(C)(C)C)ccc1CC1OC(C(=O)O)C(O)C(O)C1O.CC(C)(C)Nc1cc(COC(C)(C)C)ccc1CC1OC(CO)C(O)C(O)C1O.CC(C)(C)Nc1cc(COP(=O)(O)OC(C)(C)C)ccc1CC1OC(CO)C(O)C(O)C1O.CC(C)(C)Nc1ccc(COC(C)(C)C)cc1. The van der Waals surface area contributed by atoms with Crippen LogP contribution in [0.25, 0.3) is 0 Å². The number of ether oxygens (including phenoxy) is 6. The number of hydrogen-bond donors (Lipinski definition) is 17. The normalized spacial score (nSPS) is 25.7. The second-order valence-corrected chi connectivity index (χ2v) is 38.0. The fourth-order valence-corrected chi connectivity index (χ4v) is 12.5. The molecule has 3 aliphatic rings. The number of nitrogens with one attached hydrogen (secondary N) is 4. The highest BCUT2D eigenvalue weighted by molar-refractivity contribution is 7.47. The van der Waals surface area contributed by atoms with Crippen LogP contribution in [-0.4, -0.2) is 221 Å². The van der Waals surface area contributed by atoms with Crippen molar-refractivity contribution >= 4 is 36.5 Å². The second-order valence-electron chi connectivity index (χ2n) is 36.6. The van der Waals surface area contributed by atoms with Crippen LogP contribution < -0.4 is 21.3 Å². The lowest BCUT2D eigenvalue weighted by Gasteiger charge is -2.40. The van der Waals surface area contributed by atoms with E-state index in [4.69, 9.17) is 37.5 Å². The summed E-state index contributed by atoms with van der Waals surface area (Å²) in [4.78, 5) is 21.3. The smallest absolute Gasteiger partial charge is 0.473 e. The van der Waals surface area contributed by atoms with Gasteiger partial charge in [0, 0.05) is 64.2 Å². The van der Waals surface area contributed by atoms with Crippen LogP contribution in [0, 0.1) is 0 Å². The lowest BCUT2D eigenvalue weighted by Crippen LogP contribution is -2.60. The Hall–Kier alpha value is -5.02. The standard InChI is InChI=1S/C22H38NO9P.C22H35NO7.C22H37NO6.C15H25NO/c1-21(2,3)23-15-9-13(12-30-33(28,29)32-22(4,5)6)7-8-14(15)10-16-18(25)20(27)19(26)17(11-24)31-16;1-21(2,3)23-14-9-12(11-29-22(4,5)6)7-8-13(14)10-15-16(24)17(25)18(26)19(30-15)20(27)28;1-21(2,3)23-15-9-13(12-28-22(4,5)6)7-8-14(15)10-16-18(25)20(27)19(26)17(11-24)29-16;1-14(2,3)16-13-9-7-12(8-10-13)11-17-15(4,5)6/h7-9,16-20,23-27H,10-12H2,1-6H3,(H,28,29);7-9,15-19,23-26H,10-11H2,1-6H3,(H,27,28);7-9,16-20,23-27H,10-12H2,1-6H3;7-10,16H,11H2,1-6H3. The van der Waals surface area contributed by atoms with Crippen LogP contribution in [-0.2, 0) is 92.5 Å². The first-order valence-electron chi connectivity index (χ1n) is 37.4. The molecule has 7 rings (SSSR count). The first-order valence-corrected chi connectivity index (χ1v) is 38.9. The van der Waals surface area contributed by atoms with Gasteiger partial charge in [0.1, 0.15) is 67.1 Å². The Morgan fingerprint density at radius 2 is 0.661 bits per heavy atom. The molecule has 3 saturated heterocycles. The van der Waals surface area contributed by atoms with Crippen LogP contribution in [0.5, 0.6) is 0 Å². The number of aliphatic carboxylic acids is 1. The van der Waals surface area contributed by atoms with E-state index in [1.165, 1.54) is 5.56 Å². The number of benzene rings is 4. The summed E-state index contributed by atoms with van der Waals surface area (Å²) in [6.07, 6.45) is -18.3. The number of aliphatic hydroxyl groups excluding tert-OH is 11. The van der Waals surface area contributed by atoms with Gasteiger partial charge in [0.05, 0.1) is 80.4 Å². The molecule has 28 heteroatoms. The average Bonchev–Trinajstić information content (AvgIpc) is 0.802. The van der Waals surface area contributed by atoms with Crippen LogP contribution in [0.3, 0.4) is 0 Å². The molecule has 3 fully saturated rings. The van der Waals surface area contributed by atoms with Crippen molar-refractivity contribution in [3.05, 3.63) is 118 Å². The van der Waals surface area contributed by atoms with Crippen molar-refractivity contribution in [2.24, 2.45) is 0 Å². The van der Waals surface area contributed by atoms with E-state index in [1.807, 2.05) is 119 Å². The Bertz CT molecular complexity index is 3470. The van der Waals surface area contributed by atoms with E-state index in [-0.39, 0.29) is 58.4 Å². The molecule has 0 amide bonds. The monoisotopic (exact) mass is 1560 g/mol. The zero-order valence-electron chi connectivity index (χ0n) is 68.9. The Labute approximate surface area is 647 Å². The Morgan fingerprint density at radius 1 is 0.376 bits per heavy atom. The Morgan fingerprint density at radius 3 is 0.954 bits per heavy atom. The minimum absolute atomic E-state index is 0.0810. The fourth-order valence-electron chi connectivity index (χ4n) is 11.4. The molecule has 0 spiro atoms. The molecule has 0 radical (unpaired) electrons. The van der Waals surface area contributed by atoms with Crippen molar-refractivity contribution in [1.82, 2.24) is 0 Å². The highest BCUT2D eigenvalue weighted by Crippen LogP contribution is 2.48. The summed E-state index contributed by atoms with van der Waals surface area (Å²) in [6.45, 7) is 48.2. The number of phosphoric acid groups is 1. The number of carboxylic acid groups (broad SMARTS) is 1. The number of hydrogen-bond acceptors (Lipinski definition) is 25. The van der Waals surface area contributed by atoms with Crippen LogP contribution in [0.2, 0.25) is 0 Å². The van der Waals surface area contributed by atoms with Gasteiger partial charge in [0.25, 0.3) is 0 Å². The molecule has 622 valence electrons. The molecule has 0 aromatic heterocycles. The maximum absolute atomic E-state index is 12.2. The molecular weight excluding hydrogens is 1430 g/mol. The minimum atomic E-state index is -4.26. The van der Waals surface area contributed by atoms with E-state index in [0.717, 1.165) is 44.9 Å². The van der Waals surface area contributed by atoms with E-state index in [1.54, 1.807) is 39.0 Å². The first kappa shape index (κ1) is 96.3. The highest BCUT2D eigenvalue weighted by atomic mass is 31.2. The van der Waals surface area contributed by atoms with Gasteiger partial charge in [0.15, 0.2) is 6.10 Å². The minimum Gasteiger partial charge on any atom is -0.479 e. The summed E-state index contributed by atoms with van der Waals surface area (Å²) >= 11 is 0. The zero-order valence-corrected chi connectivity index (χ0v) is 69.8. The number of aliphatic hydroxyl groups is 11. The lowest BCUT2D eigenvalue weighted by atomic mass is 9.90. The van der Waals surface area contributed by atoms with Crippen LogP contribution >= 0.6 is 7.82 Å². The second kappa shape index (κ2) is 39.8. The van der Waals surface area contributed by atoms with Crippen molar-refractivity contribution in [2.75, 3.05) is 34.5 Å². The molecule has 3 heterocycles. The molecular formula is C81H135N4O23P. The Kier molecular flexibility index (Phi) is 35.2. The first-order chi connectivity index (χ1) is 49.6. The summed E-state index contributed by atoms with van der Waals surface area (Å²) in [5.74, 6) is -1.39. The van der Waals surface area contributed by atoms with Crippen molar-refractivity contribution < 1.29 is 113 Å². The van der Waals surface area contributed by atoms with Gasteiger partial charge in [-0.15, -0.1) is 0 Å². The molecule has 27 nitrogen and oxygen atoms in total. The number of carboxylic acids is 1. The molecule has 0 saturated carbocycles. The predicted molar refractivity (Wildman–Crippen MR) is 421 cm³/mol. The van der Waals surface area contributed by atoms with Gasteiger partial charge in [-0.2, -0.15) is 0 Å². The average molecular weight is 1560 g/mol. The molecule has 4 aromatic carbocycles. The van der Waals surface area contributed by atoms with Gasteiger partial charge < -0.3 is 116 Å². The van der Waals surface area contributed by atoms with Gasteiger partial charge in [-0.05, 0) is 235 Å². The van der Waals surface area contributed by atoms with Gasteiger partial charge in [-0.3, -0.25) is 9.05 Å². The van der Waals surface area contributed by atoms with Crippen molar-refractivity contribution in [3.63, 3.8) is 0 Å². The number of rotatable bonds is 23. The van der Waals surface area contributed by atoms with E-state index < -0.39 is 124 Å². The van der Waals surface area contributed by atoms with Gasteiger partial charge >= 0.3 is 13.8 Å². The summed E-state index contributed by atoms with van der Waals surface area (Å²) in [5, 5.41) is 133. The quantitative estimate of drug-likeness (QED) is 0.0307. The molecule has 16 atom stereocenters. The van der Waals surface area contributed by atoms with Crippen LogP contribution in [0.1, 0.15) is 205 Å². The van der Waals surface area contributed by atoms with E-state index in [0.29, 0.717) is 37.5 Å². The van der Waals surface area contributed by atoms with Crippen LogP contribution in [0.4, 0.5) is 22.7 Å². The third-order valence-electron chi connectivity index (χ3n) is 16.5. The highest BCUT2D eigenvalue weighted by Gasteiger charge is 2.48. The molecule has 16 unspecified atom stereocenters. The van der Waals surface area contributed by atoms with Gasteiger partial charge in [-0.1, -0.05) is 48.5 Å². The Balaban J connectivity index is 0.000000314. The summed E-state index contributed by atoms with van der Waals surface area (Å²) in [6, 6.07) is 25.4. The van der Waals surface area contributed by atoms with Gasteiger partial charge in [0.2, 0.25) is 0 Å². The van der Waals surface area contributed by atoms with Crippen molar-refractivity contribution in [1.29, 1.82) is 0 Å². The van der Waals surface area contributed by atoms with E-state index >= 15 is 0 Å². The largest absolute Gasteiger partial charge is 0.479 e. The lowest BCUT2D eigenvalue weighted by molar-refractivity contribution is -0.228. The van der Waals surface area contributed by atoms with Gasteiger partial charge in [-0.25, -0.2) is 9.36 Å². The summed E-state index contributed by atoms with van der Waals surface area (Å²) in [5.41, 5.74) is 7.67. The molecule has 3 aliphatic heterocycles. The molecule has 0 aliphatic carbocycles. The molecule has 4 aromatic rings. The van der Waals surface area contributed by atoms with E-state index in [2.05, 4.69) is 108 Å². The number of phosphoric ester groups is 1. The van der Waals surface area contributed by atoms with Crippen molar-refractivity contribution in [3.8, 4) is 0 Å². The third-order valence-corrected chi connectivity index (χ3v) is 17.8. The summed E-state index contributed by atoms with van der Waals surface area (Å²) < 4.78 is 56.7. The number of anilines is 4. The van der Waals surface area contributed by atoms with E-state index in [9.17, 15) is 75.5 Å². The molecule has 17 N–H and O–H groups in total. The van der Waals surface area contributed by atoms with Crippen molar-refractivity contribution in [2.45, 2.75) is 348 Å². The predicted octanol–water partition coefficient (Wildman–Crippen LogP) is 9.21. The maximum Gasteiger partial charge on any atom is 0.473 e. The zero-order chi connectivity index (χ0) is 83.1. The fraction of sp³-hybridized carbons (Fsp3) is 0.691. The maximum atomic E-state index is 12.2. The van der Waals surface area contributed by atoms with Crippen LogP contribution in [0.15, 0.2) is 78.9 Å². The summed E-state index contributed by atoms with van der Waals surface area (Å²) in [7, 11) is -4.26. The molecule has 0 bridgehead atoms. The topological polar surface area (TPSA) is 419 Å². The number of carbonyl (C=O) groups is 1. The molecule has 109 heavy (non-hydrogen) atoms.